The van der Waals surface area contributed by atoms with E-state index in [9.17, 15) is 29.7 Å². The number of hydrogen-bond donors (Lipinski definition) is 5. The van der Waals surface area contributed by atoms with Gasteiger partial charge >= 0.3 is 5.97 Å². The summed E-state index contributed by atoms with van der Waals surface area (Å²) >= 11 is 0. The number of primary amides is 1. The van der Waals surface area contributed by atoms with Crippen LogP contribution in [0.25, 0.3) is 0 Å². The zero-order valence-electron chi connectivity index (χ0n) is 29.0. The van der Waals surface area contributed by atoms with Gasteiger partial charge in [0.25, 0.3) is 0 Å². The number of likely N-dealkylation sites (tertiary alicyclic amines) is 1. The second-order valence-electron chi connectivity index (χ2n) is 15.7. The second-order valence-corrected chi connectivity index (χ2v) is 15.7. The summed E-state index contributed by atoms with van der Waals surface area (Å²) in [6, 6.07) is 6.04. The first-order valence-electron chi connectivity index (χ1n) is 17.6. The summed E-state index contributed by atoms with van der Waals surface area (Å²) in [7, 11) is 4.86. The largest absolute Gasteiger partial charge is 0.461 e. The Hall–Kier alpha value is -2.65. The molecule has 1 saturated heterocycles. The molecule has 0 aromatic heterocycles. The lowest BCUT2D eigenvalue weighted by Crippen LogP contribution is -2.82. The predicted molar refractivity (Wildman–Crippen MR) is 175 cm³/mol. The van der Waals surface area contributed by atoms with E-state index in [1.807, 2.05) is 6.92 Å². The number of rotatable bonds is 11. The van der Waals surface area contributed by atoms with Gasteiger partial charge in [-0.2, -0.15) is 0 Å². The summed E-state index contributed by atoms with van der Waals surface area (Å²) in [6.07, 6.45) is -0.509. The molecule has 6 aliphatic rings. The highest BCUT2D eigenvalue weighted by Crippen LogP contribution is 2.80. The van der Waals surface area contributed by atoms with Gasteiger partial charge < -0.3 is 45.3 Å². The average molecular weight is 686 g/mol. The number of aliphatic hydroxyl groups excluding tert-OH is 1. The highest BCUT2D eigenvalue weighted by molar-refractivity contribution is 6.02. The summed E-state index contributed by atoms with van der Waals surface area (Å²) in [6.45, 7) is 4.68. The summed E-state index contributed by atoms with van der Waals surface area (Å²) in [4.78, 5) is 40.4. The molecule has 49 heavy (non-hydrogen) atoms. The molecule has 270 valence electrons. The summed E-state index contributed by atoms with van der Waals surface area (Å²) in [5.41, 5.74) is 0.900. The third-order valence-electron chi connectivity index (χ3n) is 14.0. The van der Waals surface area contributed by atoms with Crippen molar-refractivity contribution in [1.29, 1.82) is 0 Å². The first kappa shape index (κ1) is 34.8. The Labute approximate surface area is 286 Å². The minimum absolute atomic E-state index is 0.0112. The van der Waals surface area contributed by atoms with Crippen LogP contribution in [0.15, 0.2) is 24.3 Å². The first-order chi connectivity index (χ1) is 23.3. The molecule has 0 unspecified atom stereocenters. The lowest BCUT2D eigenvalue weighted by atomic mass is 9.42. The third kappa shape index (κ3) is 4.39. The molecule has 1 aromatic rings. The molecule has 5 saturated carbocycles. The van der Waals surface area contributed by atoms with Gasteiger partial charge in [-0.1, -0.05) is 26.0 Å². The molecular formula is C36H51N3O10. The predicted octanol–water partition coefficient (Wildman–Crippen LogP) is 0.932. The van der Waals surface area contributed by atoms with Crippen LogP contribution in [0.3, 0.4) is 0 Å². The topological polar surface area (TPSA) is 190 Å². The van der Waals surface area contributed by atoms with Crippen molar-refractivity contribution in [2.24, 2.45) is 46.2 Å². The maximum atomic E-state index is 13.9. The smallest absolute Gasteiger partial charge is 0.340 e. The average Bonchev–Trinajstić information content (AvgIpc) is 3.44. The first-order valence-corrected chi connectivity index (χ1v) is 17.6. The number of carbonyl (C=O) groups excluding carboxylic acids is 3. The number of para-hydroxylation sites is 1. The van der Waals surface area contributed by atoms with E-state index in [4.69, 9.17) is 24.7 Å². The molecule has 1 aliphatic heterocycles. The fourth-order valence-electron chi connectivity index (χ4n) is 12.3. The Morgan fingerprint density at radius 3 is 2.51 bits per heavy atom. The van der Waals surface area contributed by atoms with E-state index >= 15 is 0 Å². The second kappa shape index (κ2) is 12.0. The van der Waals surface area contributed by atoms with Crippen LogP contribution >= 0.6 is 0 Å². The molecule has 7 rings (SSSR count). The maximum absolute atomic E-state index is 13.9. The number of amides is 2. The van der Waals surface area contributed by atoms with E-state index < -0.39 is 76.0 Å². The Balaban J connectivity index is 1.27. The Kier molecular flexibility index (Phi) is 8.49. The lowest BCUT2D eigenvalue weighted by Gasteiger charge is -2.70. The van der Waals surface area contributed by atoms with Gasteiger partial charge in [0.05, 0.1) is 48.3 Å². The van der Waals surface area contributed by atoms with E-state index in [1.165, 1.54) is 0 Å². The number of anilines is 1. The molecule has 0 radical (unpaired) electrons. The van der Waals surface area contributed by atoms with Gasteiger partial charge in [-0.25, -0.2) is 4.79 Å². The number of methoxy groups -OCH3 is 3. The van der Waals surface area contributed by atoms with Crippen molar-refractivity contribution in [2.75, 3.05) is 46.3 Å². The van der Waals surface area contributed by atoms with Gasteiger partial charge in [0.1, 0.15) is 11.2 Å². The maximum Gasteiger partial charge on any atom is 0.340 e. The molecule has 1 spiro atoms. The number of carbonyl (C=O) groups is 3. The van der Waals surface area contributed by atoms with Crippen molar-refractivity contribution in [2.45, 2.75) is 87.6 Å². The van der Waals surface area contributed by atoms with Gasteiger partial charge in [-0.15, -0.1) is 0 Å². The number of esters is 1. The lowest BCUT2D eigenvalue weighted by molar-refractivity contribution is -0.318. The fourth-order valence-corrected chi connectivity index (χ4v) is 12.3. The molecule has 6 N–H and O–H groups in total. The molecule has 1 heterocycles. The van der Waals surface area contributed by atoms with Crippen LogP contribution < -0.4 is 11.1 Å². The monoisotopic (exact) mass is 685 g/mol. The number of fused-ring (bicyclic) bond motifs is 2. The molecule has 1 aromatic carbocycles. The van der Waals surface area contributed by atoms with E-state index in [2.05, 4.69) is 10.2 Å². The molecule has 5 aliphatic carbocycles. The molecular weight excluding hydrogens is 634 g/mol. The van der Waals surface area contributed by atoms with Gasteiger partial charge in [-0.05, 0) is 43.9 Å². The van der Waals surface area contributed by atoms with Crippen molar-refractivity contribution >= 4 is 23.5 Å². The summed E-state index contributed by atoms with van der Waals surface area (Å²) < 4.78 is 24.8. The van der Waals surface area contributed by atoms with E-state index in [0.29, 0.717) is 32.4 Å². The normalized spacial score (nSPS) is 45.1. The number of nitrogens with one attached hydrogen (secondary N) is 1. The third-order valence-corrected chi connectivity index (χ3v) is 14.0. The van der Waals surface area contributed by atoms with Crippen LogP contribution in [-0.2, 0) is 28.5 Å². The number of nitrogens with two attached hydrogens (primary N) is 1. The van der Waals surface area contributed by atoms with Crippen molar-refractivity contribution in [1.82, 2.24) is 4.90 Å². The zero-order valence-corrected chi connectivity index (χ0v) is 29.0. The van der Waals surface area contributed by atoms with Gasteiger partial charge in [0.15, 0.2) is 0 Å². The van der Waals surface area contributed by atoms with Gasteiger partial charge in [0, 0.05) is 75.2 Å². The van der Waals surface area contributed by atoms with Crippen LogP contribution in [-0.4, -0.2) is 121 Å². The number of piperidine rings is 1. The number of benzene rings is 1. The van der Waals surface area contributed by atoms with Crippen molar-refractivity contribution in [3.05, 3.63) is 29.8 Å². The fraction of sp³-hybridized carbons (Fsp3) is 0.750. The minimum atomic E-state index is -1.78. The van der Waals surface area contributed by atoms with Crippen LogP contribution in [0, 0.1) is 40.4 Å². The SMILES string of the molecule is CCN1C[C@]2(COC(=O)c3ccccc3NC(=O)C[C@@H](C)C(N)=O)CC[C@H](OC)[C@@]34[C@@H]5C[C@H]6[C@H](O)[C@@H]5[C@](O)(C[C@@H]6OC)[C@](O)([C@@H](OC)[C@H]23)[C@@H]14. The van der Waals surface area contributed by atoms with E-state index in [0.717, 1.165) is 0 Å². The van der Waals surface area contributed by atoms with Gasteiger partial charge in [0.2, 0.25) is 11.8 Å². The highest BCUT2D eigenvalue weighted by atomic mass is 16.5. The standard InChI is InChI=1S/C36H51N3O10/c1-6-39-16-33(17-49-31(43)19-9-7-8-10-22(19)38-25(40)13-18(2)30(37)42)12-11-24(47-4)35-21-14-20-23(46-3)15-34(44,26(21)27(20)41)36(45,32(35)39)29(48-5)28(33)35/h7-10,18,20-21,23-24,26-29,32,41,44-45H,6,11-17H2,1-5H3,(H2,37,42)(H,38,40)/t18-,20-,21-,23+,24+,26-,27+,28-,29+,32+,33+,34-,35+,36+/m1/s1. The number of nitrogens with zero attached hydrogens (tertiary/aromatic N) is 1. The molecule has 13 heteroatoms. The Bertz CT molecular complexity index is 1510. The number of hydrogen-bond acceptors (Lipinski definition) is 11. The van der Waals surface area contributed by atoms with Crippen LogP contribution in [0.2, 0.25) is 0 Å². The molecule has 14 atom stereocenters. The Morgan fingerprint density at radius 2 is 1.86 bits per heavy atom. The Morgan fingerprint density at radius 1 is 1.12 bits per heavy atom. The van der Waals surface area contributed by atoms with Crippen LogP contribution in [0.5, 0.6) is 0 Å². The zero-order chi connectivity index (χ0) is 35.3. The number of aliphatic hydroxyl groups is 3. The van der Waals surface area contributed by atoms with Crippen molar-refractivity contribution in [3.63, 3.8) is 0 Å². The minimum Gasteiger partial charge on any atom is -0.461 e. The van der Waals surface area contributed by atoms with Crippen molar-refractivity contribution in [3.8, 4) is 0 Å². The molecule has 13 nitrogen and oxygen atoms in total. The summed E-state index contributed by atoms with van der Waals surface area (Å²) in [5.74, 6) is -3.71. The highest BCUT2D eigenvalue weighted by Gasteiger charge is 2.91. The van der Waals surface area contributed by atoms with Crippen LogP contribution in [0.4, 0.5) is 5.69 Å². The molecule has 7 bridgehead atoms. The quantitative estimate of drug-likeness (QED) is 0.209. The van der Waals surface area contributed by atoms with Gasteiger partial charge in [-0.3, -0.25) is 14.5 Å². The van der Waals surface area contributed by atoms with Crippen molar-refractivity contribution < 1.29 is 48.7 Å². The molecule has 6 fully saturated rings. The number of ether oxygens (including phenoxy) is 4. The molecule has 2 amide bonds. The van der Waals surface area contributed by atoms with Crippen LogP contribution in [0.1, 0.15) is 56.3 Å². The van der Waals surface area contributed by atoms with E-state index in [-0.39, 0.29) is 54.6 Å². The summed E-state index contributed by atoms with van der Waals surface area (Å²) in [5, 5.41) is 40.8. The van der Waals surface area contributed by atoms with E-state index in [1.54, 1.807) is 52.5 Å². The number of likely N-dealkylation sites (N-methyl/N-ethyl adjacent to an activating group) is 1.